The van der Waals surface area contributed by atoms with Crippen molar-refractivity contribution < 1.29 is 14.4 Å². The van der Waals surface area contributed by atoms with E-state index in [1.807, 2.05) is 13.8 Å². The van der Waals surface area contributed by atoms with Crippen LogP contribution in [0.5, 0.6) is 0 Å². The van der Waals surface area contributed by atoms with Crippen LogP contribution < -0.4 is 5.32 Å². The van der Waals surface area contributed by atoms with E-state index in [0.717, 1.165) is 32.4 Å². The van der Waals surface area contributed by atoms with E-state index in [-0.39, 0.29) is 23.6 Å². The zero-order valence-electron chi connectivity index (χ0n) is 16.2. The van der Waals surface area contributed by atoms with E-state index in [0.29, 0.717) is 29.1 Å². The van der Waals surface area contributed by atoms with Crippen LogP contribution >= 0.6 is 0 Å². The molecule has 2 aliphatic rings. The van der Waals surface area contributed by atoms with Gasteiger partial charge in [0.25, 0.3) is 11.8 Å². The third kappa shape index (κ3) is 4.04. The van der Waals surface area contributed by atoms with E-state index in [2.05, 4.69) is 10.2 Å². The fourth-order valence-corrected chi connectivity index (χ4v) is 3.69. The Balaban J connectivity index is 2.00. The minimum atomic E-state index is -0.221. The van der Waals surface area contributed by atoms with Crippen molar-refractivity contribution in [2.45, 2.75) is 40.0 Å². The smallest absolute Gasteiger partial charge is 0.277 e. The maximum absolute atomic E-state index is 13.1. The summed E-state index contributed by atoms with van der Waals surface area (Å²) in [6.07, 6.45) is 3.22. The van der Waals surface area contributed by atoms with Gasteiger partial charge < -0.3 is 10.2 Å². The fourth-order valence-electron chi connectivity index (χ4n) is 3.69. The Morgan fingerprint density at radius 3 is 2.22 bits per heavy atom. The number of piperidine rings is 1. The Bertz CT molecular complexity index is 774. The molecule has 2 heterocycles. The molecule has 6 heteroatoms. The van der Waals surface area contributed by atoms with Gasteiger partial charge >= 0.3 is 0 Å². The lowest BCUT2D eigenvalue weighted by Crippen LogP contribution is -2.38. The molecule has 3 rings (SSSR count). The van der Waals surface area contributed by atoms with Gasteiger partial charge in [0, 0.05) is 32.2 Å². The molecule has 6 nitrogen and oxygen atoms in total. The summed E-state index contributed by atoms with van der Waals surface area (Å²) in [6.45, 7) is 7.48. The summed E-state index contributed by atoms with van der Waals surface area (Å²) in [7, 11) is 0. The highest BCUT2D eigenvalue weighted by molar-refractivity contribution is 6.35. The maximum Gasteiger partial charge on any atom is 0.277 e. The third-order valence-corrected chi connectivity index (χ3v) is 4.86. The van der Waals surface area contributed by atoms with Gasteiger partial charge in [0.1, 0.15) is 5.70 Å². The molecule has 0 spiro atoms. The molecule has 1 N–H and O–H groups in total. The van der Waals surface area contributed by atoms with Crippen LogP contribution in [-0.2, 0) is 14.4 Å². The number of amides is 3. The number of imide groups is 1. The lowest BCUT2D eigenvalue weighted by Gasteiger charge is -2.29. The molecule has 0 atom stereocenters. The molecular formula is C21H27N3O3. The molecule has 2 aliphatic heterocycles. The molecule has 0 radical (unpaired) electrons. The van der Waals surface area contributed by atoms with Crippen molar-refractivity contribution in [2.24, 2.45) is 5.92 Å². The zero-order valence-corrected chi connectivity index (χ0v) is 16.2. The van der Waals surface area contributed by atoms with Crippen LogP contribution in [0.15, 0.2) is 30.0 Å². The first-order valence-electron chi connectivity index (χ1n) is 9.62. The lowest BCUT2D eigenvalue weighted by atomic mass is 10.0. The number of likely N-dealkylation sites (tertiary alicyclic amines) is 1. The van der Waals surface area contributed by atoms with Crippen LogP contribution in [0.1, 0.15) is 45.6 Å². The van der Waals surface area contributed by atoms with Crippen molar-refractivity contribution >= 4 is 29.0 Å². The number of hydrogen-bond acceptors (Lipinski definition) is 4. The van der Waals surface area contributed by atoms with Crippen LogP contribution in [0, 0.1) is 5.92 Å². The standard InChI is InChI=1S/C21H27N3O3/c1-14(2)13-24-20(26)18(16-7-9-17(10-8-16)22-15(3)25)19(21(24)27)23-11-5-4-6-12-23/h7-10,14H,4-6,11-13H2,1-3H3,(H,22,25). The molecule has 0 aromatic heterocycles. The summed E-state index contributed by atoms with van der Waals surface area (Å²) >= 11 is 0. The number of carbonyl (C=O) groups is 3. The van der Waals surface area contributed by atoms with Crippen molar-refractivity contribution in [1.29, 1.82) is 0 Å². The van der Waals surface area contributed by atoms with Gasteiger partial charge in [-0.3, -0.25) is 19.3 Å². The number of hydrogen-bond donors (Lipinski definition) is 1. The minimum absolute atomic E-state index is 0.147. The summed E-state index contributed by atoms with van der Waals surface area (Å²) in [6, 6.07) is 7.13. The normalized spacial score (nSPS) is 17.9. The minimum Gasteiger partial charge on any atom is -0.366 e. The topological polar surface area (TPSA) is 69.7 Å². The summed E-state index contributed by atoms with van der Waals surface area (Å²) < 4.78 is 0. The van der Waals surface area contributed by atoms with Crippen molar-refractivity contribution in [2.75, 3.05) is 25.0 Å². The molecule has 3 amide bonds. The van der Waals surface area contributed by atoms with Crippen LogP contribution in [0.25, 0.3) is 5.57 Å². The molecule has 1 aromatic rings. The number of nitrogens with zero attached hydrogens (tertiary/aromatic N) is 2. The monoisotopic (exact) mass is 369 g/mol. The first-order chi connectivity index (χ1) is 12.9. The molecular weight excluding hydrogens is 342 g/mol. The number of nitrogens with one attached hydrogen (secondary N) is 1. The van der Waals surface area contributed by atoms with E-state index in [9.17, 15) is 14.4 Å². The number of rotatable bonds is 5. The second-order valence-electron chi connectivity index (χ2n) is 7.64. The van der Waals surface area contributed by atoms with Crippen LogP contribution in [0.3, 0.4) is 0 Å². The maximum atomic E-state index is 13.1. The van der Waals surface area contributed by atoms with Crippen LogP contribution in [0.2, 0.25) is 0 Å². The van der Waals surface area contributed by atoms with Gasteiger partial charge in [-0.2, -0.15) is 0 Å². The Kier molecular flexibility index (Phi) is 5.63. The highest BCUT2D eigenvalue weighted by atomic mass is 16.2. The molecule has 0 aliphatic carbocycles. The average Bonchev–Trinajstić information content (AvgIpc) is 2.87. The van der Waals surface area contributed by atoms with Gasteiger partial charge in [-0.1, -0.05) is 26.0 Å². The quantitative estimate of drug-likeness (QED) is 0.811. The van der Waals surface area contributed by atoms with E-state index in [4.69, 9.17) is 0 Å². The molecule has 1 saturated heterocycles. The predicted octanol–water partition coefficient (Wildman–Crippen LogP) is 2.87. The second-order valence-corrected chi connectivity index (χ2v) is 7.64. The fraction of sp³-hybridized carbons (Fsp3) is 0.476. The highest BCUT2D eigenvalue weighted by Crippen LogP contribution is 2.34. The Labute approximate surface area is 160 Å². The molecule has 1 aromatic carbocycles. The van der Waals surface area contributed by atoms with Gasteiger partial charge in [0.05, 0.1) is 5.57 Å². The SMILES string of the molecule is CC(=O)Nc1ccc(C2=C(N3CCCCC3)C(=O)N(CC(C)C)C2=O)cc1. The molecule has 0 unspecified atom stereocenters. The zero-order chi connectivity index (χ0) is 19.6. The van der Waals surface area contributed by atoms with E-state index >= 15 is 0 Å². The Morgan fingerprint density at radius 1 is 1.04 bits per heavy atom. The lowest BCUT2D eigenvalue weighted by molar-refractivity contribution is -0.138. The molecule has 1 fully saturated rings. The first-order valence-corrected chi connectivity index (χ1v) is 9.62. The summed E-state index contributed by atoms with van der Waals surface area (Å²) in [5, 5.41) is 2.72. The summed E-state index contributed by atoms with van der Waals surface area (Å²) in [5.74, 6) is -0.341. The van der Waals surface area contributed by atoms with Crippen LogP contribution in [0.4, 0.5) is 5.69 Å². The molecule has 144 valence electrons. The second kappa shape index (κ2) is 7.94. The van der Waals surface area contributed by atoms with Crippen molar-refractivity contribution in [3.8, 4) is 0 Å². The first kappa shape index (κ1) is 19.1. The van der Waals surface area contributed by atoms with E-state index in [1.165, 1.54) is 11.8 Å². The molecule has 0 bridgehead atoms. The number of carbonyl (C=O) groups excluding carboxylic acids is 3. The van der Waals surface area contributed by atoms with Gasteiger partial charge in [-0.15, -0.1) is 0 Å². The summed E-state index contributed by atoms with van der Waals surface area (Å²) in [4.78, 5) is 40.9. The van der Waals surface area contributed by atoms with Gasteiger partial charge in [0.15, 0.2) is 0 Å². The van der Waals surface area contributed by atoms with E-state index in [1.54, 1.807) is 24.3 Å². The van der Waals surface area contributed by atoms with Crippen molar-refractivity contribution in [3.63, 3.8) is 0 Å². The van der Waals surface area contributed by atoms with Gasteiger partial charge in [-0.05, 0) is 42.9 Å². The summed E-state index contributed by atoms with van der Waals surface area (Å²) in [5.41, 5.74) is 2.40. The van der Waals surface area contributed by atoms with Crippen molar-refractivity contribution in [3.05, 3.63) is 35.5 Å². The molecule has 0 saturated carbocycles. The number of benzene rings is 1. The van der Waals surface area contributed by atoms with Crippen LogP contribution in [-0.4, -0.2) is 47.2 Å². The molecule has 27 heavy (non-hydrogen) atoms. The van der Waals surface area contributed by atoms with Gasteiger partial charge in [-0.25, -0.2) is 0 Å². The average molecular weight is 369 g/mol. The Hall–Kier alpha value is -2.63. The number of anilines is 1. The van der Waals surface area contributed by atoms with Gasteiger partial charge in [0.2, 0.25) is 5.91 Å². The third-order valence-electron chi connectivity index (χ3n) is 4.86. The largest absolute Gasteiger partial charge is 0.366 e. The highest BCUT2D eigenvalue weighted by Gasteiger charge is 2.41. The van der Waals surface area contributed by atoms with Crippen molar-refractivity contribution in [1.82, 2.24) is 9.80 Å². The predicted molar refractivity (Wildman–Crippen MR) is 105 cm³/mol. The Morgan fingerprint density at radius 2 is 1.67 bits per heavy atom. The van der Waals surface area contributed by atoms with E-state index < -0.39 is 0 Å².